The van der Waals surface area contributed by atoms with Gasteiger partial charge in [0.2, 0.25) is 0 Å². The summed E-state index contributed by atoms with van der Waals surface area (Å²) in [7, 11) is 3.70. The van der Waals surface area contributed by atoms with Gasteiger partial charge in [0.25, 0.3) is 0 Å². The summed E-state index contributed by atoms with van der Waals surface area (Å²) in [5, 5.41) is 3.31. The largest absolute Gasteiger partial charge is 0.383 e. The van der Waals surface area contributed by atoms with Crippen molar-refractivity contribution < 1.29 is 9.13 Å². The third kappa shape index (κ3) is 5.12. The molecule has 0 saturated carbocycles. The van der Waals surface area contributed by atoms with Crippen molar-refractivity contribution in [2.75, 3.05) is 33.9 Å². The molecular weight excluding hydrogens is 231 g/mol. The van der Waals surface area contributed by atoms with E-state index >= 15 is 0 Å². The van der Waals surface area contributed by atoms with Crippen molar-refractivity contribution in [3.8, 4) is 0 Å². The van der Waals surface area contributed by atoms with Gasteiger partial charge in [-0.05, 0) is 20.0 Å². The zero-order chi connectivity index (χ0) is 13.4. The molecule has 0 aromatic heterocycles. The summed E-state index contributed by atoms with van der Waals surface area (Å²) in [6, 6.07) is 7.27. The van der Waals surface area contributed by atoms with Gasteiger partial charge < -0.3 is 10.1 Å². The van der Waals surface area contributed by atoms with Gasteiger partial charge in [-0.1, -0.05) is 18.2 Å². The van der Waals surface area contributed by atoms with Crippen LogP contribution in [0, 0.1) is 5.82 Å². The molecule has 1 aromatic rings. The third-order valence-electron chi connectivity index (χ3n) is 3.05. The predicted octanol–water partition coefficient (Wildman–Crippen LogP) is 1.88. The minimum atomic E-state index is -0.135. The van der Waals surface area contributed by atoms with Crippen LogP contribution in [0.4, 0.5) is 4.39 Å². The molecule has 0 amide bonds. The first kappa shape index (κ1) is 15.1. The van der Waals surface area contributed by atoms with Crippen molar-refractivity contribution in [1.29, 1.82) is 0 Å². The Hall–Kier alpha value is -0.970. The number of nitrogens with zero attached hydrogens (tertiary/aromatic N) is 1. The molecule has 0 radical (unpaired) electrons. The summed E-state index contributed by atoms with van der Waals surface area (Å²) in [6.07, 6.45) is 0. The smallest absolute Gasteiger partial charge is 0.127 e. The van der Waals surface area contributed by atoms with E-state index in [-0.39, 0.29) is 5.82 Å². The SMILES string of the molecule is COCCNCC(C)N(C)Cc1ccccc1F. The van der Waals surface area contributed by atoms with Crippen LogP contribution in [0.2, 0.25) is 0 Å². The number of likely N-dealkylation sites (N-methyl/N-ethyl adjacent to an activating group) is 1. The monoisotopic (exact) mass is 254 g/mol. The minimum absolute atomic E-state index is 0.135. The second kappa shape index (κ2) is 8.19. The number of nitrogens with one attached hydrogen (secondary N) is 1. The zero-order valence-corrected chi connectivity index (χ0v) is 11.4. The standard InChI is InChI=1S/C14H23FN2O/c1-12(10-16-8-9-18-3)17(2)11-13-6-4-5-7-14(13)15/h4-7,12,16H,8-11H2,1-3H3. The Morgan fingerprint density at radius 1 is 1.39 bits per heavy atom. The number of hydrogen-bond acceptors (Lipinski definition) is 3. The van der Waals surface area contributed by atoms with Crippen LogP contribution in [-0.4, -0.2) is 44.8 Å². The number of hydrogen-bond donors (Lipinski definition) is 1. The van der Waals surface area contributed by atoms with Crippen LogP contribution >= 0.6 is 0 Å². The summed E-state index contributed by atoms with van der Waals surface area (Å²) in [4.78, 5) is 2.14. The highest BCUT2D eigenvalue weighted by molar-refractivity contribution is 5.17. The Morgan fingerprint density at radius 3 is 2.78 bits per heavy atom. The van der Waals surface area contributed by atoms with Gasteiger partial charge in [0.05, 0.1) is 6.61 Å². The molecule has 1 unspecified atom stereocenters. The topological polar surface area (TPSA) is 24.5 Å². The second-order valence-corrected chi connectivity index (χ2v) is 4.55. The molecule has 4 heteroatoms. The van der Waals surface area contributed by atoms with Gasteiger partial charge in [0.15, 0.2) is 0 Å². The lowest BCUT2D eigenvalue weighted by Crippen LogP contribution is -2.38. The van der Waals surface area contributed by atoms with E-state index in [4.69, 9.17) is 4.74 Å². The highest BCUT2D eigenvalue weighted by Gasteiger charge is 2.11. The molecule has 1 rings (SSSR count). The lowest BCUT2D eigenvalue weighted by atomic mass is 10.2. The van der Waals surface area contributed by atoms with Gasteiger partial charge in [-0.15, -0.1) is 0 Å². The molecule has 0 aliphatic rings. The number of benzene rings is 1. The van der Waals surface area contributed by atoms with Gasteiger partial charge in [0.1, 0.15) is 5.82 Å². The van der Waals surface area contributed by atoms with E-state index in [1.54, 1.807) is 13.2 Å². The first-order valence-electron chi connectivity index (χ1n) is 6.28. The van der Waals surface area contributed by atoms with Crippen LogP contribution in [-0.2, 0) is 11.3 Å². The van der Waals surface area contributed by atoms with Crippen molar-refractivity contribution in [2.24, 2.45) is 0 Å². The molecule has 102 valence electrons. The maximum absolute atomic E-state index is 13.5. The molecule has 0 fully saturated rings. The van der Waals surface area contributed by atoms with Crippen molar-refractivity contribution in [1.82, 2.24) is 10.2 Å². The van der Waals surface area contributed by atoms with Crippen LogP contribution in [0.5, 0.6) is 0 Å². The fourth-order valence-electron chi connectivity index (χ4n) is 1.69. The predicted molar refractivity (Wildman–Crippen MR) is 72.1 cm³/mol. The van der Waals surface area contributed by atoms with Crippen LogP contribution in [0.15, 0.2) is 24.3 Å². The van der Waals surface area contributed by atoms with Crippen LogP contribution in [0.25, 0.3) is 0 Å². The maximum Gasteiger partial charge on any atom is 0.127 e. The zero-order valence-electron chi connectivity index (χ0n) is 11.4. The fourth-order valence-corrected chi connectivity index (χ4v) is 1.69. The quantitative estimate of drug-likeness (QED) is 0.717. The Labute approximate surface area is 109 Å². The summed E-state index contributed by atoms with van der Waals surface area (Å²) in [6.45, 7) is 5.17. The molecule has 0 bridgehead atoms. The lowest BCUT2D eigenvalue weighted by molar-refractivity contribution is 0.190. The first-order chi connectivity index (χ1) is 8.65. The Morgan fingerprint density at radius 2 is 2.11 bits per heavy atom. The van der Waals surface area contributed by atoms with E-state index in [1.165, 1.54) is 6.07 Å². The first-order valence-corrected chi connectivity index (χ1v) is 6.28. The highest BCUT2D eigenvalue weighted by Crippen LogP contribution is 2.10. The number of halogens is 1. The lowest BCUT2D eigenvalue weighted by Gasteiger charge is -2.25. The van der Waals surface area contributed by atoms with Gasteiger partial charge in [-0.3, -0.25) is 4.90 Å². The van der Waals surface area contributed by atoms with E-state index in [1.807, 2.05) is 19.2 Å². The molecule has 1 aromatic carbocycles. The summed E-state index contributed by atoms with van der Waals surface area (Å²) in [5.74, 6) is -0.135. The van der Waals surface area contributed by atoms with E-state index in [2.05, 4.69) is 17.1 Å². The summed E-state index contributed by atoms with van der Waals surface area (Å²) >= 11 is 0. The Balaban J connectivity index is 2.35. The molecule has 0 heterocycles. The number of rotatable bonds is 8. The summed E-state index contributed by atoms with van der Waals surface area (Å²) < 4.78 is 18.5. The Bertz CT molecular complexity index is 346. The van der Waals surface area contributed by atoms with Crippen molar-refractivity contribution in [3.05, 3.63) is 35.6 Å². The maximum atomic E-state index is 13.5. The molecule has 0 aliphatic carbocycles. The normalized spacial score (nSPS) is 12.9. The van der Waals surface area contributed by atoms with Crippen molar-refractivity contribution >= 4 is 0 Å². The molecule has 1 N–H and O–H groups in total. The van der Waals surface area contributed by atoms with Crippen molar-refractivity contribution in [2.45, 2.75) is 19.5 Å². The average molecular weight is 254 g/mol. The van der Waals surface area contributed by atoms with Gasteiger partial charge in [-0.25, -0.2) is 4.39 Å². The molecule has 0 spiro atoms. The number of methoxy groups -OCH3 is 1. The van der Waals surface area contributed by atoms with Gasteiger partial charge in [-0.2, -0.15) is 0 Å². The number of ether oxygens (including phenoxy) is 1. The molecule has 1 atom stereocenters. The minimum Gasteiger partial charge on any atom is -0.383 e. The molecule has 0 aliphatic heterocycles. The van der Waals surface area contributed by atoms with Crippen molar-refractivity contribution in [3.63, 3.8) is 0 Å². The van der Waals surface area contributed by atoms with Gasteiger partial charge in [0, 0.05) is 38.3 Å². The van der Waals surface area contributed by atoms with E-state index < -0.39 is 0 Å². The van der Waals surface area contributed by atoms with Gasteiger partial charge >= 0.3 is 0 Å². The van der Waals surface area contributed by atoms with Crippen LogP contribution in [0.3, 0.4) is 0 Å². The fraction of sp³-hybridized carbons (Fsp3) is 0.571. The Kier molecular flexibility index (Phi) is 6.86. The molecule has 3 nitrogen and oxygen atoms in total. The molecule has 18 heavy (non-hydrogen) atoms. The summed E-state index contributed by atoms with van der Waals surface area (Å²) in [5.41, 5.74) is 0.740. The van der Waals surface area contributed by atoms with E-state index in [0.29, 0.717) is 19.2 Å². The van der Waals surface area contributed by atoms with Crippen LogP contribution < -0.4 is 5.32 Å². The van der Waals surface area contributed by atoms with E-state index in [0.717, 1.165) is 18.7 Å². The molecule has 0 saturated heterocycles. The highest BCUT2D eigenvalue weighted by atomic mass is 19.1. The molecular formula is C14H23FN2O. The van der Waals surface area contributed by atoms with Crippen LogP contribution in [0.1, 0.15) is 12.5 Å². The van der Waals surface area contributed by atoms with E-state index in [9.17, 15) is 4.39 Å². The second-order valence-electron chi connectivity index (χ2n) is 4.55. The third-order valence-corrected chi connectivity index (χ3v) is 3.05. The average Bonchev–Trinajstić information content (AvgIpc) is 2.37.